The van der Waals surface area contributed by atoms with Gasteiger partial charge in [-0.25, -0.2) is 0 Å². The van der Waals surface area contributed by atoms with Crippen LogP contribution in [0.4, 0.5) is 0 Å². The van der Waals surface area contributed by atoms with E-state index in [-0.39, 0.29) is 11.5 Å². The predicted molar refractivity (Wildman–Crippen MR) is 80.0 cm³/mol. The van der Waals surface area contributed by atoms with Crippen molar-refractivity contribution in [3.63, 3.8) is 0 Å². The van der Waals surface area contributed by atoms with Gasteiger partial charge in [0.15, 0.2) is 0 Å². The van der Waals surface area contributed by atoms with Gasteiger partial charge >= 0.3 is 0 Å². The van der Waals surface area contributed by atoms with Crippen LogP contribution in [-0.4, -0.2) is 54.5 Å². The summed E-state index contributed by atoms with van der Waals surface area (Å²) in [7, 11) is 0. The van der Waals surface area contributed by atoms with E-state index in [4.69, 9.17) is 5.73 Å². The van der Waals surface area contributed by atoms with Crippen LogP contribution in [0.2, 0.25) is 0 Å². The summed E-state index contributed by atoms with van der Waals surface area (Å²) in [5.41, 5.74) is 5.89. The van der Waals surface area contributed by atoms with E-state index in [0.29, 0.717) is 12.5 Å². The Morgan fingerprint density at radius 1 is 1.37 bits per heavy atom. The second kappa shape index (κ2) is 7.25. The summed E-state index contributed by atoms with van der Waals surface area (Å²) in [6, 6.07) is -0.0242. The van der Waals surface area contributed by atoms with Gasteiger partial charge in [0.2, 0.25) is 5.91 Å². The first-order chi connectivity index (χ1) is 8.91. The number of hydrogen-bond acceptors (Lipinski definition) is 3. The van der Waals surface area contributed by atoms with Crippen molar-refractivity contribution in [1.29, 1.82) is 0 Å². The molecule has 19 heavy (non-hydrogen) atoms. The van der Waals surface area contributed by atoms with Crippen LogP contribution in [0.3, 0.4) is 0 Å². The Morgan fingerprint density at radius 3 is 2.42 bits per heavy atom. The molecule has 1 unspecified atom stereocenters. The molecule has 1 fully saturated rings. The molecular weight excluding hydrogens is 238 g/mol. The molecule has 1 saturated heterocycles. The van der Waals surface area contributed by atoms with E-state index in [0.717, 1.165) is 45.4 Å². The lowest BCUT2D eigenvalue weighted by atomic mass is 9.92. The molecule has 1 atom stereocenters. The molecule has 0 aromatic carbocycles. The third kappa shape index (κ3) is 4.77. The van der Waals surface area contributed by atoms with Gasteiger partial charge in [-0.3, -0.25) is 9.69 Å². The first-order valence-electron chi connectivity index (χ1n) is 7.64. The fourth-order valence-electron chi connectivity index (χ4n) is 2.67. The Labute approximate surface area is 118 Å². The van der Waals surface area contributed by atoms with Gasteiger partial charge in [0, 0.05) is 19.6 Å². The summed E-state index contributed by atoms with van der Waals surface area (Å²) in [5, 5.41) is 0. The minimum atomic E-state index is -0.0242. The van der Waals surface area contributed by atoms with Gasteiger partial charge in [0.25, 0.3) is 0 Å². The lowest BCUT2D eigenvalue weighted by Crippen LogP contribution is -2.50. The topological polar surface area (TPSA) is 49.6 Å². The van der Waals surface area contributed by atoms with E-state index in [1.54, 1.807) is 0 Å². The molecule has 1 rings (SSSR count). The number of carbonyl (C=O) groups is 1. The zero-order valence-corrected chi connectivity index (χ0v) is 13.1. The SMILES string of the molecule is CCCN(CC(C)(C)CN)C(C)C(=O)N1CCCC1. The largest absolute Gasteiger partial charge is 0.341 e. The molecule has 112 valence electrons. The van der Waals surface area contributed by atoms with E-state index in [9.17, 15) is 4.79 Å². The highest BCUT2D eigenvalue weighted by molar-refractivity contribution is 5.81. The highest BCUT2D eigenvalue weighted by Crippen LogP contribution is 2.19. The number of likely N-dealkylation sites (tertiary alicyclic amines) is 1. The molecular formula is C15H31N3O. The highest BCUT2D eigenvalue weighted by Gasteiger charge is 2.30. The average Bonchev–Trinajstić information content (AvgIpc) is 2.90. The van der Waals surface area contributed by atoms with Crippen LogP contribution in [-0.2, 0) is 4.79 Å². The molecule has 0 aromatic heterocycles. The van der Waals surface area contributed by atoms with Crippen LogP contribution < -0.4 is 5.73 Å². The first kappa shape index (κ1) is 16.4. The van der Waals surface area contributed by atoms with E-state index in [2.05, 4.69) is 25.7 Å². The summed E-state index contributed by atoms with van der Waals surface area (Å²) in [5.74, 6) is 0.291. The van der Waals surface area contributed by atoms with Gasteiger partial charge < -0.3 is 10.6 Å². The molecule has 1 aliphatic rings. The molecule has 1 aliphatic heterocycles. The van der Waals surface area contributed by atoms with Crippen molar-refractivity contribution in [3.8, 4) is 0 Å². The minimum absolute atomic E-state index is 0.0242. The Hall–Kier alpha value is -0.610. The highest BCUT2D eigenvalue weighted by atomic mass is 16.2. The Bertz CT molecular complexity index is 285. The van der Waals surface area contributed by atoms with Crippen molar-refractivity contribution in [2.75, 3.05) is 32.7 Å². The number of rotatable bonds is 7. The monoisotopic (exact) mass is 269 g/mol. The van der Waals surface area contributed by atoms with Gasteiger partial charge in [-0.15, -0.1) is 0 Å². The zero-order valence-electron chi connectivity index (χ0n) is 13.1. The fraction of sp³-hybridized carbons (Fsp3) is 0.933. The maximum absolute atomic E-state index is 12.5. The van der Waals surface area contributed by atoms with Crippen molar-refractivity contribution in [1.82, 2.24) is 9.80 Å². The molecule has 4 nitrogen and oxygen atoms in total. The number of nitrogens with two attached hydrogens (primary N) is 1. The Morgan fingerprint density at radius 2 is 1.95 bits per heavy atom. The summed E-state index contributed by atoms with van der Waals surface area (Å²) < 4.78 is 0. The van der Waals surface area contributed by atoms with Gasteiger partial charge in [-0.1, -0.05) is 20.8 Å². The standard InChI is InChI=1S/C15H31N3O/c1-5-8-18(12-15(3,4)11-16)13(2)14(19)17-9-6-7-10-17/h13H,5-12,16H2,1-4H3. The average molecular weight is 269 g/mol. The van der Waals surface area contributed by atoms with Crippen LogP contribution in [0.25, 0.3) is 0 Å². The van der Waals surface area contributed by atoms with Gasteiger partial charge in [-0.2, -0.15) is 0 Å². The maximum atomic E-state index is 12.5. The second-order valence-electron chi connectivity index (χ2n) is 6.55. The molecule has 1 heterocycles. The maximum Gasteiger partial charge on any atom is 0.239 e. The van der Waals surface area contributed by atoms with E-state index in [1.165, 1.54) is 0 Å². The summed E-state index contributed by atoms with van der Waals surface area (Å²) in [4.78, 5) is 16.8. The third-order valence-electron chi connectivity index (χ3n) is 4.02. The van der Waals surface area contributed by atoms with Crippen molar-refractivity contribution >= 4 is 5.91 Å². The molecule has 0 bridgehead atoms. The van der Waals surface area contributed by atoms with Crippen molar-refractivity contribution < 1.29 is 4.79 Å². The predicted octanol–water partition coefficient (Wildman–Crippen LogP) is 1.69. The van der Waals surface area contributed by atoms with E-state index >= 15 is 0 Å². The Kier molecular flexibility index (Phi) is 6.27. The summed E-state index contributed by atoms with van der Waals surface area (Å²) in [6.07, 6.45) is 3.37. The second-order valence-corrected chi connectivity index (χ2v) is 6.55. The number of hydrogen-bond donors (Lipinski definition) is 1. The van der Waals surface area contributed by atoms with Gasteiger partial charge in [0.1, 0.15) is 0 Å². The molecule has 2 N–H and O–H groups in total. The smallest absolute Gasteiger partial charge is 0.239 e. The van der Waals surface area contributed by atoms with Crippen molar-refractivity contribution in [2.45, 2.75) is 53.0 Å². The molecule has 0 aliphatic carbocycles. The molecule has 4 heteroatoms. The van der Waals surface area contributed by atoms with E-state index < -0.39 is 0 Å². The molecule has 1 amide bonds. The molecule has 0 aromatic rings. The van der Waals surface area contributed by atoms with Crippen molar-refractivity contribution in [2.24, 2.45) is 11.1 Å². The summed E-state index contributed by atoms with van der Waals surface area (Å²) in [6.45, 7) is 12.9. The van der Waals surface area contributed by atoms with Crippen LogP contribution in [0.5, 0.6) is 0 Å². The first-order valence-corrected chi connectivity index (χ1v) is 7.64. The van der Waals surface area contributed by atoms with Crippen LogP contribution >= 0.6 is 0 Å². The molecule has 0 saturated carbocycles. The van der Waals surface area contributed by atoms with Crippen molar-refractivity contribution in [3.05, 3.63) is 0 Å². The lowest BCUT2D eigenvalue weighted by molar-refractivity contribution is -0.135. The van der Waals surface area contributed by atoms with Crippen LogP contribution in [0.15, 0.2) is 0 Å². The van der Waals surface area contributed by atoms with Crippen LogP contribution in [0.1, 0.15) is 47.0 Å². The Balaban J connectivity index is 2.65. The summed E-state index contributed by atoms with van der Waals surface area (Å²) >= 11 is 0. The fourth-order valence-corrected chi connectivity index (χ4v) is 2.67. The third-order valence-corrected chi connectivity index (χ3v) is 4.02. The van der Waals surface area contributed by atoms with E-state index in [1.807, 2.05) is 11.8 Å². The lowest BCUT2D eigenvalue weighted by Gasteiger charge is -2.36. The van der Waals surface area contributed by atoms with Crippen LogP contribution in [0, 0.1) is 5.41 Å². The molecule has 0 spiro atoms. The normalized spacial score (nSPS) is 18.1. The number of amides is 1. The zero-order chi connectivity index (χ0) is 14.5. The quantitative estimate of drug-likeness (QED) is 0.765. The number of carbonyl (C=O) groups excluding carboxylic acids is 1. The minimum Gasteiger partial charge on any atom is -0.341 e. The van der Waals surface area contributed by atoms with Gasteiger partial charge in [-0.05, 0) is 44.7 Å². The molecule has 0 radical (unpaired) electrons. The number of nitrogens with zero attached hydrogens (tertiary/aromatic N) is 2. The van der Waals surface area contributed by atoms with Gasteiger partial charge in [0.05, 0.1) is 6.04 Å².